The number of pyridine rings is 1. The summed E-state index contributed by atoms with van der Waals surface area (Å²) >= 11 is 0. The molecule has 0 saturated carbocycles. The van der Waals surface area contributed by atoms with Gasteiger partial charge < -0.3 is 14.2 Å². The Bertz CT molecular complexity index is 2770. The lowest BCUT2D eigenvalue weighted by Gasteiger charge is -2.44. The second kappa shape index (κ2) is 10.8. The van der Waals surface area contributed by atoms with Gasteiger partial charge in [0.25, 0.3) is 6.71 Å². The molecule has 11 rings (SSSR count). The van der Waals surface area contributed by atoms with Crippen LogP contribution in [0.4, 0.5) is 34.1 Å². The van der Waals surface area contributed by atoms with Crippen LogP contribution in [-0.4, -0.2) is 16.1 Å². The minimum Gasteiger partial charge on any atom is -0.311 e. The molecular formula is C49H41BN4. The molecule has 5 heteroatoms. The SMILES string of the molecule is CC(C)(C)c1ccc2c(c1)c1c3c4c(c5c6cc(C(C)(C)C)ccc6n2c15)N(c1ccccc1)c1cccnc1B4c1ccccc1N3c1ccccc1. The van der Waals surface area contributed by atoms with Gasteiger partial charge in [-0.25, -0.2) is 0 Å². The van der Waals surface area contributed by atoms with Crippen LogP contribution in [0.2, 0.25) is 0 Å². The first-order valence-electron chi connectivity index (χ1n) is 19.2. The third-order valence-electron chi connectivity index (χ3n) is 12.0. The number of nitrogens with zero attached hydrogens (tertiary/aromatic N) is 4. The maximum atomic E-state index is 5.29. The van der Waals surface area contributed by atoms with E-state index in [1.807, 2.05) is 6.20 Å². The van der Waals surface area contributed by atoms with Gasteiger partial charge in [0.15, 0.2) is 0 Å². The van der Waals surface area contributed by atoms with Gasteiger partial charge in [-0.05, 0) is 99.6 Å². The van der Waals surface area contributed by atoms with Crippen molar-refractivity contribution >= 4 is 95.5 Å². The molecule has 54 heavy (non-hydrogen) atoms. The van der Waals surface area contributed by atoms with Crippen LogP contribution in [-0.2, 0) is 10.8 Å². The molecule has 0 spiro atoms. The van der Waals surface area contributed by atoms with E-state index in [9.17, 15) is 0 Å². The average molecular weight is 697 g/mol. The van der Waals surface area contributed by atoms with Crippen molar-refractivity contribution in [1.29, 1.82) is 0 Å². The zero-order valence-electron chi connectivity index (χ0n) is 31.6. The van der Waals surface area contributed by atoms with E-state index >= 15 is 0 Å². The molecule has 0 atom stereocenters. The number of rotatable bonds is 2. The summed E-state index contributed by atoms with van der Waals surface area (Å²) in [7, 11) is 0. The summed E-state index contributed by atoms with van der Waals surface area (Å²) in [6.07, 6.45) is 1.97. The highest BCUT2D eigenvalue weighted by Crippen LogP contribution is 2.54. The van der Waals surface area contributed by atoms with Crippen molar-refractivity contribution in [2.45, 2.75) is 52.4 Å². The molecule has 0 radical (unpaired) electrons. The third-order valence-corrected chi connectivity index (χ3v) is 12.0. The fourth-order valence-corrected chi connectivity index (χ4v) is 9.50. The van der Waals surface area contributed by atoms with Crippen molar-refractivity contribution in [3.05, 3.63) is 151 Å². The number of benzene rings is 6. The standard InChI is InChI=1S/C49H41BN4/c1-48(2,3)30-23-25-37-34(28-30)41-44-42(35-29-31(49(4,5)6)24-26-38(35)54(37)44)46-43-45(41)52(32-16-9-7-10-17-32)39-21-14-13-20-36(39)50(43)47-40(22-15-27-51-47)53(46)33-18-11-8-12-19-33/h7-29H,1-6H3. The van der Waals surface area contributed by atoms with Gasteiger partial charge in [0.1, 0.15) is 0 Å². The Morgan fingerprint density at radius 3 is 1.57 bits per heavy atom. The quantitative estimate of drug-likeness (QED) is 0.168. The molecule has 6 aromatic carbocycles. The predicted octanol–water partition coefficient (Wildman–Crippen LogP) is 10.9. The Labute approximate surface area is 316 Å². The van der Waals surface area contributed by atoms with Crippen molar-refractivity contribution in [2.24, 2.45) is 0 Å². The topological polar surface area (TPSA) is 23.8 Å². The van der Waals surface area contributed by atoms with Crippen LogP contribution in [0.25, 0.3) is 38.1 Å². The van der Waals surface area contributed by atoms with Gasteiger partial charge in [-0.3, -0.25) is 4.98 Å². The normalized spacial score (nSPS) is 14.0. The molecule has 0 amide bonds. The molecule has 0 N–H and O–H groups in total. The highest BCUT2D eigenvalue weighted by molar-refractivity contribution is 7.00. The summed E-state index contributed by atoms with van der Waals surface area (Å²) in [4.78, 5) is 10.4. The van der Waals surface area contributed by atoms with E-state index < -0.39 is 0 Å². The average Bonchev–Trinajstić information content (AvgIpc) is 3.69. The predicted molar refractivity (Wildman–Crippen MR) is 230 cm³/mol. The lowest BCUT2D eigenvalue weighted by atomic mass is 9.34. The smallest absolute Gasteiger partial charge is 0.275 e. The van der Waals surface area contributed by atoms with Crippen LogP contribution >= 0.6 is 0 Å². The Morgan fingerprint density at radius 2 is 1.02 bits per heavy atom. The van der Waals surface area contributed by atoms with Crippen LogP contribution < -0.4 is 26.3 Å². The first kappa shape index (κ1) is 31.5. The van der Waals surface area contributed by atoms with E-state index in [1.165, 1.54) is 77.2 Å². The van der Waals surface area contributed by atoms with Gasteiger partial charge in [-0.2, -0.15) is 0 Å². The molecule has 5 heterocycles. The molecule has 0 bridgehead atoms. The van der Waals surface area contributed by atoms with Gasteiger partial charge in [0, 0.05) is 50.4 Å². The maximum Gasteiger partial charge on any atom is 0.275 e. The molecule has 0 fully saturated rings. The largest absolute Gasteiger partial charge is 0.311 e. The lowest BCUT2D eigenvalue weighted by molar-refractivity contribution is 0.591. The molecule has 0 saturated heterocycles. The number of aromatic nitrogens is 2. The monoisotopic (exact) mass is 696 g/mol. The van der Waals surface area contributed by atoms with Crippen molar-refractivity contribution in [3.8, 4) is 0 Å². The Hall–Kier alpha value is -6.07. The summed E-state index contributed by atoms with van der Waals surface area (Å²) in [5, 5.41) is 5.18. The second-order valence-corrected chi connectivity index (χ2v) is 17.3. The highest BCUT2D eigenvalue weighted by Gasteiger charge is 2.47. The van der Waals surface area contributed by atoms with Crippen LogP contribution in [0.3, 0.4) is 0 Å². The molecule has 2 aliphatic heterocycles. The number of para-hydroxylation sites is 3. The minimum absolute atomic E-state index is 0.0122. The van der Waals surface area contributed by atoms with Gasteiger partial charge in [-0.15, -0.1) is 0 Å². The fourth-order valence-electron chi connectivity index (χ4n) is 9.50. The Kier molecular flexibility index (Phi) is 6.27. The highest BCUT2D eigenvalue weighted by atomic mass is 15.2. The van der Waals surface area contributed by atoms with Crippen LogP contribution in [0, 0.1) is 0 Å². The molecule has 0 unspecified atom stereocenters. The Morgan fingerprint density at radius 1 is 0.519 bits per heavy atom. The van der Waals surface area contributed by atoms with Crippen LogP contribution in [0.15, 0.2) is 140 Å². The van der Waals surface area contributed by atoms with Crippen molar-refractivity contribution in [1.82, 2.24) is 9.38 Å². The van der Waals surface area contributed by atoms with E-state index in [-0.39, 0.29) is 17.5 Å². The van der Waals surface area contributed by atoms with Crippen LogP contribution in [0.1, 0.15) is 52.7 Å². The molecule has 0 aliphatic carbocycles. The summed E-state index contributed by atoms with van der Waals surface area (Å²) in [5.74, 6) is 0. The molecule has 3 aromatic heterocycles. The third kappa shape index (κ3) is 4.13. The zero-order chi connectivity index (χ0) is 36.7. The zero-order valence-corrected chi connectivity index (χ0v) is 31.6. The van der Waals surface area contributed by atoms with Gasteiger partial charge in [-0.1, -0.05) is 108 Å². The van der Waals surface area contributed by atoms with Crippen molar-refractivity contribution in [2.75, 3.05) is 9.80 Å². The summed E-state index contributed by atoms with van der Waals surface area (Å²) in [6.45, 7) is 13.9. The number of fused-ring (bicyclic) bond motifs is 12. The summed E-state index contributed by atoms with van der Waals surface area (Å²) in [6, 6.07) is 49.7. The van der Waals surface area contributed by atoms with Crippen molar-refractivity contribution in [3.63, 3.8) is 0 Å². The maximum absolute atomic E-state index is 5.29. The van der Waals surface area contributed by atoms with E-state index in [0.29, 0.717) is 0 Å². The van der Waals surface area contributed by atoms with Gasteiger partial charge in [0.05, 0.1) is 33.6 Å². The van der Waals surface area contributed by atoms with E-state index in [1.54, 1.807) is 0 Å². The lowest BCUT2D eigenvalue weighted by Crippen LogP contribution is -2.62. The molecule has 9 aromatic rings. The molecule has 2 aliphatic rings. The molecule has 4 nitrogen and oxygen atoms in total. The number of hydrogen-bond acceptors (Lipinski definition) is 3. The van der Waals surface area contributed by atoms with Crippen LogP contribution in [0.5, 0.6) is 0 Å². The first-order valence-corrected chi connectivity index (χ1v) is 19.2. The minimum atomic E-state index is -0.0676. The first-order chi connectivity index (χ1) is 26.1. The van der Waals surface area contributed by atoms with E-state index in [0.717, 1.165) is 22.7 Å². The number of anilines is 6. The number of hydrogen-bond donors (Lipinski definition) is 0. The van der Waals surface area contributed by atoms with Gasteiger partial charge >= 0.3 is 0 Å². The Balaban J connectivity index is 1.46. The summed E-state index contributed by atoms with van der Waals surface area (Å²) < 4.78 is 2.58. The fraction of sp³-hybridized carbons (Fsp3) is 0.163. The van der Waals surface area contributed by atoms with Gasteiger partial charge in [0.2, 0.25) is 0 Å². The second-order valence-electron chi connectivity index (χ2n) is 17.3. The summed E-state index contributed by atoms with van der Waals surface area (Å²) in [5.41, 5.74) is 17.2. The molecule has 260 valence electrons. The van der Waals surface area contributed by atoms with Crippen molar-refractivity contribution < 1.29 is 0 Å². The van der Waals surface area contributed by atoms with E-state index in [2.05, 4.69) is 189 Å². The molecular weight excluding hydrogens is 655 g/mol. The van der Waals surface area contributed by atoms with E-state index in [4.69, 9.17) is 4.98 Å².